The number of nitrogens with zero attached hydrogens (tertiary/aromatic N) is 2. The number of unbranched alkanes of at least 4 members (excludes halogenated alkanes) is 12. The van der Waals surface area contributed by atoms with Gasteiger partial charge in [-0.2, -0.15) is 0 Å². The van der Waals surface area contributed by atoms with Gasteiger partial charge in [-0.1, -0.05) is 187 Å². The number of ether oxygens (including phenoxy) is 4. The molecule has 0 spiro atoms. The predicted molar refractivity (Wildman–Crippen MR) is 355 cm³/mol. The van der Waals surface area contributed by atoms with Gasteiger partial charge in [0, 0.05) is 32.5 Å². The molecule has 0 bridgehead atoms. The van der Waals surface area contributed by atoms with Crippen molar-refractivity contribution in [2.24, 2.45) is 0 Å². The molecule has 8 rings (SSSR count). The maximum atomic E-state index is 8.56. The summed E-state index contributed by atoms with van der Waals surface area (Å²) in [5.41, 5.74) is 13.2. The molecule has 8 aromatic rings. The van der Waals surface area contributed by atoms with E-state index in [0.29, 0.717) is 6.42 Å². The fraction of sp³-hybridized carbons (Fsp3) is 0.299. The Bertz CT molecular complexity index is 2900. The molecule has 0 fully saturated rings. The van der Waals surface area contributed by atoms with Crippen LogP contribution in [0.2, 0.25) is 0 Å². The van der Waals surface area contributed by atoms with Crippen molar-refractivity contribution >= 4 is 24.3 Å². The van der Waals surface area contributed by atoms with Crippen LogP contribution in [0.5, 0.6) is 11.5 Å². The number of aromatic nitrogens is 2. The Morgan fingerprint density at radius 2 is 0.733 bits per heavy atom. The van der Waals surface area contributed by atoms with Crippen LogP contribution in [0, 0.1) is 12.1 Å². The molecular formula is C77H88IrN2O6-2. The zero-order valence-electron chi connectivity index (χ0n) is 50.5. The zero-order valence-corrected chi connectivity index (χ0v) is 52.9. The van der Waals surface area contributed by atoms with Gasteiger partial charge in [0.1, 0.15) is 11.5 Å². The monoisotopic (exact) mass is 1330 g/mol. The van der Waals surface area contributed by atoms with Crippen LogP contribution in [0.1, 0.15) is 132 Å². The third-order valence-electron chi connectivity index (χ3n) is 13.9. The molecule has 1 radical (unpaired) electrons. The number of hydrogen-bond donors (Lipinski definition) is 2. The van der Waals surface area contributed by atoms with E-state index in [4.69, 9.17) is 29.2 Å². The van der Waals surface area contributed by atoms with Gasteiger partial charge in [0.05, 0.1) is 51.2 Å². The summed E-state index contributed by atoms with van der Waals surface area (Å²) in [7, 11) is 0. The molecule has 6 aromatic carbocycles. The third kappa shape index (κ3) is 28.0. The molecule has 2 unspecified atom stereocenters. The molecule has 0 saturated heterocycles. The summed E-state index contributed by atoms with van der Waals surface area (Å²) < 4.78 is 22.2. The van der Waals surface area contributed by atoms with Crippen molar-refractivity contribution in [1.82, 2.24) is 9.97 Å². The molecule has 0 aliphatic heterocycles. The second-order valence-electron chi connectivity index (χ2n) is 21.1. The molecule has 0 aliphatic rings. The summed E-state index contributed by atoms with van der Waals surface area (Å²) in [6, 6.07) is 64.6. The van der Waals surface area contributed by atoms with Crippen molar-refractivity contribution in [1.29, 1.82) is 0 Å². The van der Waals surface area contributed by atoms with Crippen LogP contribution >= 0.6 is 0 Å². The second kappa shape index (κ2) is 42.2. The minimum absolute atomic E-state index is 0. The summed E-state index contributed by atoms with van der Waals surface area (Å²) in [5.74, 6) is 1.87. The van der Waals surface area contributed by atoms with Gasteiger partial charge in [0.2, 0.25) is 0 Å². The number of rotatable bonds is 34. The normalized spacial score (nSPS) is 11.5. The number of aliphatic hydroxyl groups excluding tert-OH is 2. The molecule has 9 heteroatoms. The van der Waals surface area contributed by atoms with Crippen LogP contribution in [0.15, 0.2) is 208 Å². The smallest absolute Gasteiger partial charge is 0.119 e. The van der Waals surface area contributed by atoms with Gasteiger partial charge >= 0.3 is 0 Å². The second-order valence-corrected chi connectivity index (χ2v) is 21.1. The first-order valence-electron chi connectivity index (χ1n) is 30.5. The van der Waals surface area contributed by atoms with E-state index in [9.17, 15) is 0 Å². The van der Waals surface area contributed by atoms with Crippen molar-refractivity contribution in [3.8, 4) is 56.3 Å². The average Bonchev–Trinajstić information content (AvgIpc) is 3.56. The molecular weight excluding hydrogens is 1240 g/mol. The van der Waals surface area contributed by atoms with E-state index in [2.05, 4.69) is 169 Å². The molecule has 0 amide bonds. The molecule has 2 aromatic heterocycles. The van der Waals surface area contributed by atoms with Crippen LogP contribution in [0.3, 0.4) is 0 Å². The first kappa shape index (κ1) is 69.1. The fourth-order valence-electron chi connectivity index (χ4n) is 9.33. The molecule has 2 N–H and O–H groups in total. The number of pyridine rings is 2. The summed E-state index contributed by atoms with van der Waals surface area (Å²) in [6.45, 7) is 13.6. The van der Waals surface area contributed by atoms with Gasteiger partial charge in [-0.25, -0.2) is 0 Å². The summed E-state index contributed by atoms with van der Waals surface area (Å²) >= 11 is 0. The molecule has 2 atom stereocenters. The largest absolute Gasteiger partial charge is 0.502 e. The third-order valence-corrected chi connectivity index (χ3v) is 13.9. The molecule has 0 saturated carbocycles. The van der Waals surface area contributed by atoms with Gasteiger partial charge in [-0.3, -0.25) is 0 Å². The zero-order chi connectivity index (χ0) is 59.8. The van der Waals surface area contributed by atoms with Crippen molar-refractivity contribution in [3.63, 3.8) is 0 Å². The summed E-state index contributed by atoms with van der Waals surface area (Å²) in [4.78, 5) is 8.96. The van der Waals surface area contributed by atoms with E-state index >= 15 is 0 Å². The van der Waals surface area contributed by atoms with E-state index in [-0.39, 0.29) is 32.3 Å². The van der Waals surface area contributed by atoms with Crippen molar-refractivity contribution < 1.29 is 49.3 Å². The Morgan fingerprint density at radius 1 is 0.407 bits per heavy atom. The van der Waals surface area contributed by atoms with Gasteiger partial charge in [0.25, 0.3) is 0 Å². The van der Waals surface area contributed by atoms with Crippen molar-refractivity contribution in [2.75, 3.05) is 26.4 Å². The molecule has 86 heavy (non-hydrogen) atoms. The Labute approximate surface area is 527 Å². The standard InChI is InChI=1S/2C36H38NO2.C5H12O2.Ir/c2*1-2-38-27-11-6-4-3-5-7-12-28-39-35-23-21-33(22-24-35)32-19-17-30(18-20-32)15-16-31-25-26-37-36(29-31)34-13-9-8-10-14-34;1-4(6)3-5(2)7;/h2*2,8-10,13,15-26,29H,1,3-7,11-12,27-28H2;4-7H,3H2,1-2H3;/q2*-1;;/b2*16-15+;;. The maximum absolute atomic E-state index is 8.56. The van der Waals surface area contributed by atoms with Gasteiger partial charge < -0.3 is 39.1 Å². The number of hydrogen-bond acceptors (Lipinski definition) is 8. The van der Waals surface area contributed by atoms with E-state index in [0.717, 1.165) is 108 Å². The first-order chi connectivity index (χ1) is 41.8. The van der Waals surface area contributed by atoms with Crippen LogP contribution < -0.4 is 9.47 Å². The number of benzene rings is 6. The quantitative estimate of drug-likeness (QED) is 0.0234. The molecule has 453 valence electrons. The Balaban J connectivity index is 0.000000279. The average molecular weight is 1330 g/mol. The van der Waals surface area contributed by atoms with E-state index in [1.807, 2.05) is 73.1 Å². The summed E-state index contributed by atoms with van der Waals surface area (Å²) in [6.07, 6.45) is 32.0. The topological polar surface area (TPSA) is 103 Å². The number of aliphatic hydroxyl groups is 2. The first-order valence-corrected chi connectivity index (χ1v) is 30.5. The van der Waals surface area contributed by atoms with E-state index in [1.165, 1.54) is 99.0 Å². The van der Waals surface area contributed by atoms with Gasteiger partial charge in [-0.15, -0.1) is 71.8 Å². The van der Waals surface area contributed by atoms with Crippen LogP contribution in [-0.2, 0) is 29.6 Å². The van der Waals surface area contributed by atoms with Crippen molar-refractivity contribution in [3.05, 3.63) is 242 Å². The Kier molecular flexibility index (Phi) is 33.9. The Morgan fingerprint density at radius 3 is 1.05 bits per heavy atom. The fourth-order valence-corrected chi connectivity index (χ4v) is 9.33. The molecule has 0 aliphatic carbocycles. The van der Waals surface area contributed by atoms with E-state index in [1.54, 1.807) is 13.8 Å². The minimum atomic E-state index is -0.375. The SMILES string of the molecule is C=COCCCCCCCCCOc1ccc(-c2ccc(/C=C/c3ccnc(-c4[c-]cccc4)c3)cc2)cc1.C=COCCCCCCCCCOc1ccc(-c2ccc(/C=C/c3ccnc(-c4[c-]cccc4)c3)cc2)cc1.CC(O)CC(C)O.[Ir]. The van der Waals surface area contributed by atoms with E-state index < -0.39 is 0 Å². The van der Waals surface area contributed by atoms with Crippen molar-refractivity contribution in [2.45, 2.75) is 122 Å². The molecule has 8 nitrogen and oxygen atoms in total. The van der Waals surface area contributed by atoms with Crippen LogP contribution in [0.25, 0.3) is 69.1 Å². The van der Waals surface area contributed by atoms with Crippen LogP contribution in [0.4, 0.5) is 0 Å². The van der Waals surface area contributed by atoms with Gasteiger partial charge in [-0.05, 0) is 138 Å². The maximum Gasteiger partial charge on any atom is 0.119 e. The minimum Gasteiger partial charge on any atom is -0.502 e. The predicted octanol–water partition coefficient (Wildman–Crippen LogP) is 19.4. The Hall–Kier alpha value is -7.65. The van der Waals surface area contributed by atoms with Gasteiger partial charge in [0.15, 0.2) is 0 Å². The summed E-state index contributed by atoms with van der Waals surface area (Å²) in [5, 5.41) is 17.1. The molecule has 2 heterocycles. The van der Waals surface area contributed by atoms with Crippen LogP contribution in [-0.4, -0.2) is 58.8 Å².